The van der Waals surface area contributed by atoms with Crippen molar-refractivity contribution in [3.05, 3.63) is 40.2 Å². The van der Waals surface area contributed by atoms with Crippen LogP contribution in [0, 0.1) is 0 Å². The smallest absolute Gasteiger partial charge is 0.369 e. The summed E-state index contributed by atoms with van der Waals surface area (Å²) in [4.78, 5) is 29.6. The number of nitrogens with one attached hydrogen (secondary N) is 1. The second-order valence-corrected chi connectivity index (χ2v) is 7.49. The van der Waals surface area contributed by atoms with E-state index in [4.69, 9.17) is 5.73 Å². The number of hydrogen-bond donors (Lipinski definition) is 2. The fourth-order valence-electron chi connectivity index (χ4n) is 3.15. The zero-order valence-corrected chi connectivity index (χ0v) is 15.6. The molecular weight excluding hydrogens is 393 g/mol. The lowest BCUT2D eigenvalue weighted by Gasteiger charge is -2.32. The van der Waals surface area contributed by atoms with Crippen molar-refractivity contribution in [1.29, 1.82) is 0 Å². The van der Waals surface area contributed by atoms with Crippen molar-refractivity contribution in [2.45, 2.75) is 25.1 Å². The number of aromatic nitrogens is 1. The van der Waals surface area contributed by atoms with Gasteiger partial charge in [0.05, 0.1) is 17.8 Å². The van der Waals surface area contributed by atoms with Crippen LogP contribution in [0.4, 0.5) is 13.2 Å². The summed E-state index contributed by atoms with van der Waals surface area (Å²) in [6.45, 7) is 1.40. The molecule has 1 atom stereocenters. The number of likely N-dealkylation sites (tertiary alicyclic amines) is 1. The van der Waals surface area contributed by atoms with E-state index < -0.39 is 17.6 Å². The molecule has 0 aliphatic carbocycles. The van der Waals surface area contributed by atoms with Gasteiger partial charge < -0.3 is 11.1 Å². The van der Waals surface area contributed by atoms with Gasteiger partial charge in [-0.2, -0.15) is 13.2 Å². The molecule has 2 heterocycles. The standard InChI is InChI=1S/C18H19F3N4O2S/c19-18(20,21)12-4-1-3-11(7-12)14-10-28-17(24-14)16(27)23-13-5-2-6-25(8-13)9-15(22)26/h1,3-4,7,10,13H,2,5-6,8-9H2,(H2,22,26)(H,23,27). The average molecular weight is 412 g/mol. The van der Waals surface area contributed by atoms with Crippen molar-refractivity contribution in [1.82, 2.24) is 15.2 Å². The minimum absolute atomic E-state index is 0.137. The zero-order chi connectivity index (χ0) is 20.3. The van der Waals surface area contributed by atoms with Gasteiger partial charge in [-0.3, -0.25) is 14.5 Å². The lowest BCUT2D eigenvalue weighted by atomic mass is 10.1. The largest absolute Gasteiger partial charge is 0.416 e. The first-order valence-electron chi connectivity index (χ1n) is 8.67. The Bertz CT molecular complexity index is 869. The lowest BCUT2D eigenvalue weighted by molar-refractivity contribution is -0.137. The van der Waals surface area contributed by atoms with Crippen LogP contribution in [-0.2, 0) is 11.0 Å². The Labute approximate surface area is 163 Å². The van der Waals surface area contributed by atoms with Crippen molar-refractivity contribution in [3.63, 3.8) is 0 Å². The third kappa shape index (κ3) is 5.08. The van der Waals surface area contributed by atoms with Crippen molar-refractivity contribution < 1.29 is 22.8 Å². The molecule has 3 N–H and O–H groups in total. The number of alkyl halides is 3. The van der Waals surface area contributed by atoms with Crippen molar-refractivity contribution in [2.24, 2.45) is 5.73 Å². The number of nitrogens with zero attached hydrogens (tertiary/aromatic N) is 2. The second kappa shape index (κ2) is 8.27. The number of primary amides is 1. The van der Waals surface area contributed by atoms with Gasteiger partial charge in [-0.15, -0.1) is 11.3 Å². The summed E-state index contributed by atoms with van der Waals surface area (Å²) < 4.78 is 38.6. The summed E-state index contributed by atoms with van der Waals surface area (Å²) in [5.41, 5.74) is 5.07. The predicted molar refractivity (Wildman–Crippen MR) is 98.7 cm³/mol. The molecule has 0 bridgehead atoms. The molecular formula is C18H19F3N4O2S. The van der Waals surface area contributed by atoms with Gasteiger partial charge in [-0.1, -0.05) is 12.1 Å². The number of carbonyl (C=O) groups is 2. The van der Waals surface area contributed by atoms with Crippen molar-refractivity contribution >= 4 is 23.2 Å². The topological polar surface area (TPSA) is 88.3 Å². The van der Waals surface area contributed by atoms with Crippen LogP contribution >= 0.6 is 11.3 Å². The molecule has 0 spiro atoms. The van der Waals surface area contributed by atoms with E-state index in [-0.39, 0.29) is 23.5 Å². The highest BCUT2D eigenvalue weighted by Gasteiger charge is 2.30. The molecule has 150 valence electrons. The number of piperidine rings is 1. The number of nitrogens with two attached hydrogens (primary N) is 1. The maximum atomic E-state index is 12.9. The first-order chi connectivity index (χ1) is 13.2. The molecule has 2 amide bonds. The van der Waals surface area contributed by atoms with Crippen molar-refractivity contribution in [3.8, 4) is 11.3 Å². The van der Waals surface area contributed by atoms with Gasteiger partial charge in [-0.25, -0.2) is 4.98 Å². The normalized spacial score (nSPS) is 18.0. The number of thiazole rings is 1. The van der Waals surface area contributed by atoms with Gasteiger partial charge in [0, 0.05) is 23.5 Å². The summed E-state index contributed by atoms with van der Waals surface area (Å²) in [6.07, 6.45) is -2.84. The van der Waals surface area contributed by atoms with Gasteiger partial charge in [0.25, 0.3) is 5.91 Å². The number of carbonyl (C=O) groups excluding carboxylic acids is 2. The highest BCUT2D eigenvalue weighted by molar-refractivity contribution is 7.12. The van der Waals surface area contributed by atoms with Crippen LogP contribution in [0.2, 0.25) is 0 Å². The third-order valence-corrected chi connectivity index (χ3v) is 5.25. The Kier molecular flexibility index (Phi) is 5.99. The van der Waals surface area contributed by atoms with Gasteiger partial charge in [-0.05, 0) is 31.5 Å². The Morgan fingerprint density at radius 1 is 1.36 bits per heavy atom. The molecule has 2 aromatic rings. The third-order valence-electron chi connectivity index (χ3n) is 4.40. The molecule has 1 fully saturated rings. The summed E-state index contributed by atoms with van der Waals surface area (Å²) >= 11 is 1.07. The number of benzene rings is 1. The van der Waals surface area contributed by atoms with Crippen LogP contribution < -0.4 is 11.1 Å². The second-order valence-electron chi connectivity index (χ2n) is 6.63. The lowest BCUT2D eigenvalue weighted by Crippen LogP contribution is -2.49. The molecule has 6 nitrogen and oxygen atoms in total. The van der Waals surface area contributed by atoms with E-state index in [2.05, 4.69) is 10.3 Å². The quantitative estimate of drug-likeness (QED) is 0.790. The summed E-state index contributed by atoms with van der Waals surface area (Å²) in [6, 6.07) is 4.70. The average Bonchev–Trinajstić information content (AvgIpc) is 3.11. The number of halogens is 3. The predicted octanol–water partition coefficient (Wildman–Crippen LogP) is 2.51. The van der Waals surface area contributed by atoms with E-state index in [0.717, 1.165) is 42.9 Å². The van der Waals surface area contributed by atoms with E-state index in [1.807, 2.05) is 4.90 Å². The Morgan fingerprint density at radius 2 is 2.14 bits per heavy atom. The fraction of sp³-hybridized carbons (Fsp3) is 0.389. The van der Waals surface area contributed by atoms with Gasteiger partial charge >= 0.3 is 6.18 Å². The molecule has 1 unspecified atom stereocenters. The molecule has 0 saturated carbocycles. The number of hydrogen-bond acceptors (Lipinski definition) is 5. The fourth-order valence-corrected chi connectivity index (χ4v) is 3.88. The van der Waals surface area contributed by atoms with Gasteiger partial charge in [0.15, 0.2) is 5.01 Å². The summed E-state index contributed by atoms with van der Waals surface area (Å²) in [7, 11) is 0. The number of amides is 2. The maximum Gasteiger partial charge on any atom is 0.416 e. The van der Waals surface area contributed by atoms with E-state index in [9.17, 15) is 22.8 Å². The van der Waals surface area contributed by atoms with Crippen LogP contribution in [0.5, 0.6) is 0 Å². The summed E-state index contributed by atoms with van der Waals surface area (Å²) in [5, 5.41) is 4.61. The van der Waals surface area contributed by atoms with E-state index in [0.29, 0.717) is 17.8 Å². The summed E-state index contributed by atoms with van der Waals surface area (Å²) in [5.74, 6) is -0.799. The Morgan fingerprint density at radius 3 is 2.86 bits per heavy atom. The molecule has 1 aliphatic rings. The highest BCUT2D eigenvalue weighted by Crippen LogP contribution is 2.32. The molecule has 1 aromatic carbocycles. The first kappa shape index (κ1) is 20.3. The van der Waals surface area contributed by atoms with E-state index in [1.54, 1.807) is 5.38 Å². The first-order valence-corrected chi connectivity index (χ1v) is 9.55. The van der Waals surface area contributed by atoms with Crippen LogP contribution in [0.15, 0.2) is 29.6 Å². The number of rotatable bonds is 5. The SMILES string of the molecule is NC(=O)CN1CCCC(NC(=O)c2nc(-c3cccc(C(F)(F)F)c3)cs2)C1. The van der Waals surface area contributed by atoms with Gasteiger partial charge in [0.2, 0.25) is 5.91 Å². The van der Waals surface area contributed by atoms with E-state index >= 15 is 0 Å². The Balaban J connectivity index is 1.67. The highest BCUT2D eigenvalue weighted by atomic mass is 32.1. The molecule has 0 radical (unpaired) electrons. The van der Waals surface area contributed by atoms with Crippen LogP contribution in [-0.4, -0.2) is 47.4 Å². The molecule has 1 saturated heterocycles. The molecule has 1 aromatic heterocycles. The van der Waals surface area contributed by atoms with Crippen LogP contribution in [0.3, 0.4) is 0 Å². The maximum absolute atomic E-state index is 12.9. The van der Waals surface area contributed by atoms with Crippen molar-refractivity contribution in [2.75, 3.05) is 19.6 Å². The Hall–Kier alpha value is -2.46. The monoisotopic (exact) mass is 412 g/mol. The molecule has 3 rings (SSSR count). The van der Waals surface area contributed by atoms with E-state index in [1.165, 1.54) is 12.1 Å². The zero-order valence-electron chi connectivity index (χ0n) is 14.8. The van der Waals surface area contributed by atoms with Crippen LogP contribution in [0.1, 0.15) is 28.2 Å². The minimum Gasteiger partial charge on any atom is -0.369 e. The van der Waals surface area contributed by atoms with Gasteiger partial charge in [0.1, 0.15) is 0 Å². The minimum atomic E-state index is -4.44. The molecule has 1 aliphatic heterocycles. The molecule has 28 heavy (non-hydrogen) atoms. The van der Waals surface area contributed by atoms with Crippen LogP contribution in [0.25, 0.3) is 11.3 Å². The molecule has 10 heteroatoms.